The van der Waals surface area contributed by atoms with Crippen LogP contribution >= 0.6 is 11.8 Å². The zero-order valence-electron chi connectivity index (χ0n) is 26.6. The summed E-state index contributed by atoms with van der Waals surface area (Å²) in [7, 11) is 0. The first-order chi connectivity index (χ1) is 24.3. The highest BCUT2D eigenvalue weighted by Crippen LogP contribution is 2.57. The van der Waals surface area contributed by atoms with Crippen LogP contribution in [-0.2, 0) is 0 Å². The van der Waals surface area contributed by atoms with Crippen molar-refractivity contribution in [1.82, 2.24) is 15.0 Å². The predicted octanol–water partition coefficient (Wildman–Crippen LogP) is 11.3. The maximum Gasteiger partial charge on any atom is 0.164 e. The highest BCUT2D eigenvalue weighted by molar-refractivity contribution is 8.00. The summed E-state index contributed by atoms with van der Waals surface area (Å²) in [5.74, 6) is 2.25. The molecule has 232 valence electrons. The predicted molar refractivity (Wildman–Crippen MR) is 203 cm³/mol. The highest BCUT2D eigenvalue weighted by Gasteiger charge is 2.40. The Labute approximate surface area is 290 Å². The third kappa shape index (κ3) is 5.60. The molecule has 2 unspecified atom stereocenters. The molecule has 49 heavy (non-hydrogen) atoms. The number of thioether (sulfide) groups is 1. The van der Waals surface area contributed by atoms with E-state index < -0.39 is 0 Å². The molecule has 0 bridgehead atoms. The van der Waals surface area contributed by atoms with E-state index in [1.165, 1.54) is 38.3 Å². The first-order valence-electron chi connectivity index (χ1n) is 16.6. The molecule has 2 aliphatic rings. The number of hydrogen-bond acceptors (Lipinski definition) is 4. The summed E-state index contributed by atoms with van der Waals surface area (Å²) < 4.78 is 0. The van der Waals surface area contributed by atoms with Crippen LogP contribution in [0.15, 0.2) is 181 Å². The summed E-state index contributed by atoms with van der Waals surface area (Å²) in [6, 6.07) is 57.5. The van der Waals surface area contributed by atoms with Crippen molar-refractivity contribution in [3.8, 4) is 45.3 Å². The normalized spacial score (nSPS) is 16.3. The molecule has 0 radical (unpaired) electrons. The molecule has 7 aromatic rings. The van der Waals surface area contributed by atoms with Crippen molar-refractivity contribution in [2.24, 2.45) is 0 Å². The third-order valence-electron chi connectivity index (χ3n) is 9.37. The fraction of sp³-hybridized carbons (Fsp3) is 0.0444. The summed E-state index contributed by atoms with van der Waals surface area (Å²) >= 11 is 1.97. The standard InChI is InChI=1S/C45H31N3S/c1-4-13-30(14-5-1)31-23-25-34(26-24-31)44-46-43(33-17-8-3-9-18-33)47-45(48-44)36-20-12-19-35(29-36)38-28-27-37(32-15-6-2-7-16-32)41-39-21-10-11-22-40(39)49-42(38)41/h1-29,41-42H. The summed E-state index contributed by atoms with van der Waals surface area (Å²) in [6.45, 7) is 0. The molecule has 4 heteroatoms. The fourth-order valence-corrected chi connectivity index (χ4v) is 8.49. The van der Waals surface area contributed by atoms with E-state index in [-0.39, 0.29) is 11.2 Å². The zero-order chi connectivity index (χ0) is 32.6. The van der Waals surface area contributed by atoms with Gasteiger partial charge in [0.25, 0.3) is 0 Å². The molecule has 0 saturated heterocycles. The van der Waals surface area contributed by atoms with Crippen LogP contribution in [0.4, 0.5) is 0 Å². The zero-order valence-corrected chi connectivity index (χ0v) is 27.5. The first kappa shape index (κ1) is 29.3. The molecule has 1 aromatic heterocycles. The average molecular weight is 646 g/mol. The number of aromatic nitrogens is 3. The van der Waals surface area contributed by atoms with Crippen molar-refractivity contribution in [2.75, 3.05) is 0 Å². The van der Waals surface area contributed by atoms with E-state index in [0.717, 1.165) is 22.3 Å². The lowest BCUT2D eigenvalue weighted by Crippen LogP contribution is -2.17. The molecule has 0 fully saturated rings. The molecule has 9 rings (SSSR count). The van der Waals surface area contributed by atoms with E-state index >= 15 is 0 Å². The van der Waals surface area contributed by atoms with Crippen molar-refractivity contribution in [3.05, 3.63) is 193 Å². The lowest BCUT2D eigenvalue weighted by atomic mass is 9.77. The van der Waals surface area contributed by atoms with E-state index in [0.29, 0.717) is 17.5 Å². The van der Waals surface area contributed by atoms with Crippen molar-refractivity contribution in [2.45, 2.75) is 16.1 Å². The summed E-state index contributed by atoms with van der Waals surface area (Å²) in [6.07, 6.45) is 4.65. The van der Waals surface area contributed by atoms with Gasteiger partial charge in [-0.3, -0.25) is 0 Å². The number of fused-ring (bicyclic) bond motifs is 3. The molecule has 0 N–H and O–H groups in total. The van der Waals surface area contributed by atoms with Gasteiger partial charge in [0.05, 0.1) is 0 Å². The minimum Gasteiger partial charge on any atom is -0.208 e. The molecule has 2 atom stereocenters. The first-order valence-corrected chi connectivity index (χ1v) is 17.5. The number of benzene rings is 6. The van der Waals surface area contributed by atoms with E-state index in [9.17, 15) is 0 Å². The topological polar surface area (TPSA) is 38.7 Å². The van der Waals surface area contributed by atoms with Gasteiger partial charge in [-0.1, -0.05) is 164 Å². The Morgan fingerprint density at radius 3 is 1.53 bits per heavy atom. The second kappa shape index (κ2) is 12.6. The number of hydrogen-bond donors (Lipinski definition) is 0. The second-order valence-corrected chi connectivity index (χ2v) is 13.5. The summed E-state index contributed by atoms with van der Waals surface area (Å²) in [4.78, 5) is 16.5. The molecule has 0 saturated carbocycles. The van der Waals surface area contributed by atoms with Gasteiger partial charge < -0.3 is 0 Å². The quantitative estimate of drug-likeness (QED) is 0.180. The molecular formula is C45H31N3S. The minimum absolute atomic E-state index is 0.268. The van der Waals surface area contributed by atoms with Crippen molar-refractivity contribution >= 4 is 22.9 Å². The average Bonchev–Trinajstić information content (AvgIpc) is 3.58. The molecule has 1 aliphatic heterocycles. The highest BCUT2D eigenvalue weighted by atomic mass is 32.2. The number of rotatable bonds is 6. The van der Waals surface area contributed by atoms with Crippen LogP contribution in [-0.4, -0.2) is 20.2 Å². The van der Waals surface area contributed by atoms with Crippen molar-refractivity contribution in [1.29, 1.82) is 0 Å². The maximum absolute atomic E-state index is 5.08. The van der Waals surface area contributed by atoms with Gasteiger partial charge in [-0.25, -0.2) is 15.0 Å². The van der Waals surface area contributed by atoms with Crippen LogP contribution in [0.25, 0.3) is 56.4 Å². The van der Waals surface area contributed by atoms with Gasteiger partial charge in [0.1, 0.15) is 0 Å². The largest absolute Gasteiger partial charge is 0.208 e. The van der Waals surface area contributed by atoms with E-state index in [1.54, 1.807) is 0 Å². The smallest absolute Gasteiger partial charge is 0.164 e. The third-order valence-corrected chi connectivity index (χ3v) is 10.8. The minimum atomic E-state index is 0.268. The van der Waals surface area contributed by atoms with Gasteiger partial charge >= 0.3 is 0 Å². The Morgan fingerprint density at radius 1 is 0.367 bits per heavy atom. The van der Waals surface area contributed by atoms with Gasteiger partial charge in [-0.2, -0.15) is 0 Å². The Kier molecular flexibility index (Phi) is 7.56. The summed E-state index contributed by atoms with van der Waals surface area (Å²) in [5, 5.41) is 0.268. The molecule has 1 aliphatic carbocycles. The lowest BCUT2D eigenvalue weighted by molar-refractivity contribution is 0.913. The Morgan fingerprint density at radius 2 is 0.837 bits per heavy atom. The molecule has 2 heterocycles. The number of nitrogens with zero attached hydrogens (tertiary/aromatic N) is 3. The second-order valence-electron chi connectivity index (χ2n) is 12.4. The van der Waals surface area contributed by atoms with Crippen LogP contribution in [0.1, 0.15) is 22.6 Å². The Hall–Kier alpha value is -5.84. The lowest BCUT2D eigenvalue weighted by Gasteiger charge is -2.29. The monoisotopic (exact) mass is 645 g/mol. The van der Waals surface area contributed by atoms with E-state index in [4.69, 9.17) is 15.0 Å². The van der Waals surface area contributed by atoms with Gasteiger partial charge in [0, 0.05) is 32.8 Å². The van der Waals surface area contributed by atoms with Crippen LogP contribution in [0.3, 0.4) is 0 Å². The molecule has 3 nitrogen and oxygen atoms in total. The van der Waals surface area contributed by atoms with Crippen LogP contribution in [0, 0.1) is 0 Å². The van der Waals surface area contributed by atoms with Gasteiger partial charge in [0.2, 0.25) is 0 Å². The SMILES string of the molecule is C1=C(c2cccc(-c3nc(-c4ccccc4)nc(-c4ccc(-c5ccccc5)cc4)n3)c2)C2Sc3ccccc3C2C(c2ccccc2)=C1. The van der Waals surface area contributed by atoms with Crippen molar-refractivity contribution in [3.63, 3.8) is 0 Å². The van der Waals surface area contributed by atoms with Crippen molar-refractivity contribution < 1.29 is 0 Å². The Bertz CT molecular complexity index is 2350. The fourth-order valence-electron chi connectivity index (χ4n) is 6.96. The van der Waals surface area contributed by atoms with Crippen LogP contribution < -0.4 is 0 Å². The Balaban J connectivity index is 1.13. The van der Waals surface area contributed by atoms with Gasteiger partial charge in [-0.15, -0.1) is 11.8 Å². The number of allylic oxidation sites excluding steroid dienone is 3. The van der Waals surface area contributed by atoms with Crippen LogP contribution in [0.5, 0.6) is 0 Å². The molecule has 6 aromatic carbocycles. The van der Waals surface area contributed by atoms with E-state index in [1.807, 2.05) is 36.0 Å². The molecule has 0 amide bonds. The molecule has 0 spiro atoms. The summed E-state index contributed by atoms with van der Waals surface area (Å²) in [5.41, 5.74) is 11.8. The van der Waals surface area contributed by atoms with Gasteiger partial charge in [-0.05, 0) is 51.1 Å². The maximum atomic E-state index is 5.08. The molecular weight excluding hydrogens is 615 g/mol. The van der Waals surface area contributed by atoms with Gasteiger partial charge in [0.15, 0.2) is 17.5 Å². The van der Waals surface area contributed by atoms with Crippen LogP contribution in [0.2, 0.25) is 0 Å². The van der Waals surface area contributed by atoms with E-state index in [2.05, 4.69) is 152 Å².